The van der Waals surface area contributed by atoms with Gasteiger partial charge in [0.2, 0.25) is 0 Å². The highest BCUT2D eigenvalue weighted by molar-refractivity contribution is 5.42. The van der Waals surface area contributed by atoms with E-state index < -0.39 is 0 Å². The number of aryl methyl sites for hydroxylation is 1. The molecule has 0 unspecified atom stereocenters. The highest BCUT2D eigenvalue weighted by Crippen LogP contribution is 2.12. The maximum atomic E-state index is 5.42. The van der Waals surface area contributed by atoms with Crippen LogP contribution in [-0.2, 0) is 0 Å². The molecule has 2 aromatic rings. The van der Waals surface area contributed by atoms with Gasteiger partial charge in [-0.3, -0.25) is 0 Å². The van der Waals surface area contributed by atoms with E-state index in [1.807, 2.05) is 10.9 Å². The predicted molar refractivity (Wildman–Crippen MR) is 65.8 cm³/mol. The van der Waals surface area contributed by atoms with Crippen LogP contribution < -0.4 is 11.1 Å². The Balaban J connectivity index is 2.15. The monoisotopic (exact) mass is 216 g/mol. The Labute approximate surface area is 95.1 Å². The van der Waals surface area contributed by atoms with E-state index in [9.17, 15) is 0 Å². The molecule has 0 bridgehead atoms. The summed E-state index contributed by atoms with van der Waals surface area (Å²) in [5, 5.41) is 7.47. The SMILES string of the molecule is Cc1ccc(-n2cc(NCCN)cn2)cc1. The van der Waals surface area contributed by atoms with Crippen molar-refractivity contribution < 1.29 is 0 Å². The van der Waals surface area contributed by atoms with Gasteiger partial charge in [0.1, 0.15) is 0 Å². The summed E-state index contributed by atoms with van der Waals surface area (Å²) >= 11 is 0. The number of nitrogens with one attached hydrogen (secondary N) is 1. The number of aromatic nitrogens is 2. The van der Waals surface area contributed by atoms with Crippen molar-refractivity contribution in [1.82, 2.24) is 9.78 Å². The number of hydrogen-bond acceptors (Lipinski definition) is 3. The van der Waals surface area contributed by atoms with Crippen molar-refractivity contribution in [1.29, 1.82) is 0 Å². The minimum Gasteiger partial charge on any atom is -0.381 e. The first-order valence-electron chi connectivity index (χ1n) is 5.35. The molecular formula is C12H16N4. The van der Waals surface area contributed by atoms with Gasteiger partial charge in [-0.1, -0.05) is 17.7 Å². The Kier molecular flexibility index (Phi) is 3.22. The van der Waals surface area contributed by atoms with Crippen molar-refractivity contribution in [3.05, 3.63) is 42.2 Å². The van der Waals surface area contributed by atoms with Gasteiger partial charge >= 0.3 is 0 Å². The molecule has 0 fully saturated rings. The van der Waals surface area contributed by atoms with Crippen LogP contribution in [0.2, 0.25) is 0 Å². The summed E-state index contributed by atoms with van der Waals surface area (Å²) in [5.41, 5.74) is 8.72. The molecule has 4 nitrogen and oxygen atoms in total. The van der Waals surface area contributed by atoms with Crippen molar-refractivity contribution in [3.63, 3.8) is 0 Å². The van der Waals surface area contributed by atoms with Gasteiger partial charge in [-0.05, 0) is 19.1 Å². The zero-order valence-electron chi connectivity index (χ0n) is 9.35. The van der Waals surface area contributed by atoms with Crippen molar-refractivity contribution in [3.8, 4) is 5.69 Å². The minimum atomic E-state index is 0.621. The number of nitrogens with zero attached hydrogens (tertiary/aromatic N) is 2. The normalized spacial score (nSPS) is 10.4. The first kappa shape index (κ1) is 10.7. The lowest BCUT2D eigenvalue weighted by molar-refractivity contribution is 0.880. The Morgan fingerprint density at radius 2 is 2.06 bits per heavy atom. The van der Waals surface area contributed by atoms with Gasteiger partial charge in [0.25, 0.3) is 0 Å². The third-order valence-electron chi connectivity index (χ3n) is 2.35. The van der Waals surface area contributed by atoms with Crippen LogP contribution in [0, 0.1) is 6.92 Å². The van der Waals surface area contributed by atoms with Gasteiger partial charge < -0.3 is 11.1 Å². The molecule has 0 atom stereocenters. The van der Waals surface area contributed by atoms with Gasteiger partial charge in [0.05, 0.1) is 23.8 Å². The zero-order valence-corrected chi connectivity index (χ0v) is 9.35. The number of hydrogen-bond donors (Lipinski definition) is 2. The third kappa shape index (κ3) is 2.41. The molecular weight excluding hydrogens is 200 g/mol. The van der Waals surface area contributed by atoms with Crippen LogP contribution in [0.1, 0.15) is 5.56 Å². The van der Waals surface area contributed by atoms with Crippen LogP contribution in [0.4, 0.5) is 5.69 Å². The van der Waals surface area contributed by atoms with E-state index in [1.54, 1.807) is 6.20 Å². The maximum Gasteiger partial charge on any atom is 0.0731 e. The summed E-state index contributed by atoms with van der Waals surface area (Å²) in [5.74, 6) is 0. The van der Waals surface area contributed by atoms with Crippen molar-refractivity contribution in [2.24, 2.45) is 5.73 Å². The lowest BCUT2D eigenvalue weighted by atomic mass is 10.2. The topological polar surface area (TPSA) is 55.9 Å². The van der Waals surface area contributed by atoms with E-state index in [0.29, 0.717) is 6.54 Å². The Morgan fingerprint density at radius 3 is 2.75 bits per heavy atom. The molecule has 2 rings (SSSR count). The summed E-state index contributed by atoms with van der Waals surface area (Å²) in [4.78, 5) is 0. The standard InChI is InChI=1S/C12H16N4/c1-10-2-4-12(5-3-10)16-9-11(8-15-16)14-7-6-13/h2-5,8-9,14H,6-7,13H2,1H3. The molecule has 0 saturated carbocycles. The molecule has 0 radical (unpaired) electrons. The van der Waals surface area contributed by atoms with E-state index in [4.69, 9.17) is 5.73 Å². The molecule has 3 N–H and O–H groups in total. The second-order valence-corrected chi connectivity index (χ2v) is 3.72. The van der Waals surface area contributed by atoms with E-state index >= 15 is 0 Å². The number of anilines is 1. The maximum absolute atomic E-state index is 5.42. The summed E-state index contributed by atoms with van der Waals surface area (Å²) in [6.07, 6.45) is 3.76. The highest BCUT2D eigenvalue weighted by atomic mass is 15.3. The summed E-state index contributed by atoms with van der Waals surface area (Å²) < 4.78 is 1.85. The van der Waals surface area contributed by atoms with E-state index in [1.165, 1.54) is 5.56 Å². The molecule has 1 aromatic heterocycles. The second-order valence-electron chi connectivity index (χ2n) is 3.72. The fourth-order valence-electron chi connectivity index (χ4n) is 1.47. The smallest absolute Gasteiger partial charge is 0.0731 e. The van der Waals surface area contributed by atoms with Crippen LogP contribution in [0.15, 0.2) is 36.7 Å². The number of rotatable bonds is 4. The molecule has 0 aliphatic rings. The van der Waals surface area contributed by atoms with Gasteiger partial charge in [0, 0.05) is 13.1 Å². The molecule has 0 aliphatic carbocycles. The third-order valence-corrected chi connectivity index (χ3v) is 2.35. The number of benzene rings is 1. The first-order chi connectivity index (χ1) is 7.79. The average Bonchev–Trinajstić information content (AvgIpc) is 2.76. The lowest BCUT2D eigenvalue weighted by Crippen LogP contribution is -2.12. The van der Waals surface area contributed by atoms with Gasteiger partial charge in [-0.15, -0.1) is 0 Å². The Morgan fingerprint density at radius 1 is 1.31 bits per heavy atom. The Hall–Kier alpha value is -1.81. The van der Waals surface area contributed by atoms with Crippen molar-refractivity contribution >= 4 is 5.69 Å². The first-order valence-corrected chi connectivity index (χ1v) is 5.35. The average molecular weight is 216 g/mol. The van der Waals surface area contributed by atoms with E-state index in [2.05, 4.69) is 41.6 Å². The van der Waals surface area contributed by atoms with Crippen LogP contribution in [0.5, 0.6) is 0 Å². The molecule has 1 heterocycles. The summed E-state index contributed by atoms with van der Waals surface area (Å²) in [6.45, 7) is 3.45. The molecule has 0 amide bonds. The lowest BCUT2D eigenvalue weighted by Gasteiger charge is -2.01. The molecule has 0 spiro atoms. The fraction of sp³-hybridized carbons (Fsp3) is 0.250. The molecule has 0 saturated heterocycles. The zero-order chi connectivity index (χ0) is 11.4. The van der Waals surface area contributed by atoms with Gasteiger partial charge in [-0.25, -0.2) is 4.68 Å². The highest BCUT2D eigenvalue weighted by Gasteiger charge is 1.99. The molecule has 1 aromatic carbocycles. The van der Waals surface area contributed by atoms with Crippen molar-refractivity contribution in [2.75, 3.05) is 18.4 Å². The van der Waals surface area contributed by atoms with Gasteiger partial charge in [0.15, 0.2) is 0 Å². The predicted octanol–water partition coefficient (Wildman–Crippen LogP) is 1.55. The van der Waals surface area contributed by atoms with Crippen LogP contribution in [0.25, 0.3) is 5.69 Å². The fourth-order valence-corrected chi connectivity index (χ4v) is 1.47. The molecule has 84 valence electrons. The summed E-state index contributed by atoms with van der Waals surface area (Å²) in [6, 6.07) is 8.25. The second kappa shape index (κ2) is 4.81. The van der Waals surface area contributed by atoms with Crippen LogP contribution in [0.3, 0.4) is 0 Å². The van der Waals surface area contributed by atoms with E-state index in [0.717, 1.165) is 17.9 Å². The molecule has 16 heavy (non-hydrogen) atoms. The molecule has 0 aliphatic heterocycles. The Bertz CT molecular complexity index is 444. The summed E-state index contributed by atoms with van der Waals surface area (Å²) in [7, 11) is 0. The van der Waals surface area contributed by atoms with Crippen LogP contribution in [-0.4, -0.2) is 22.9 Å². The van der Waals surface area contributed by atoms with E-state index in [-0.39, 0.29) is 0 Å². The molecule has 4 heteroatoms. The van der Waals surface area contributed by atoms with Crippen molar-refractivity contribution in [2.45, 2.75) is 6.92 Å². The largest absolute Gasteiger partial charge is 0.381 e. The number of nitrogens with two attached hydrogens (primary N) is 1. The minimum absolute atomic E-state index is 0.621. The van der Waals surface area contributed by atoms with Gasteiger partial charge in [-0.2, -0.15) is 5.10 Å². The van der Waals surface area contributed by atoms with Crippen LogP contribution >= 0.6 is 0 Å². The quantitative estimate of drug-likeness (QED) is 0.815.